The zero-order chi connectivity index (χ0) is 31.8. The first-order chi connectivity index (χ1) is 21.3. The van der Waals surface area contributed by atoms with Gasteiger partial charge in [-0.25, -0.2) is 15.0 Å². The molecule has 1 unspecified atom stereocenters. The van der Waals surface area contributed by atoms with E-state index in [2.05, 4.69) is 42.8 Å². The molecule has 0 bridgehead atoms. The summed E-state index contributed by atoms with van der Waals surface area (Å²) in [5.74, 6) is -0.0425. The number of pyridine rings is 2. The van der Waals surface area contributed by atoms with Crippen LogP contribution in [0.4, 0.5) is 19.0 Å². The maximum absolute atomic E-state index is 14.2. The molecule has 1 aromatic carbocycles. The van der Waals surface area contributed by atoms with E-state index in [1.165, 1.54) is 18.6 Å². The summed E-state index contributed by atoms with van der Waals surface area (Å²) in [4.78, 5) is 46.1. The van der Waals surface area contributed by atoms with Crippen molar-refractivity contribution in [3.8, 4) is 11.1 Å². The summed E-state index contributed by atoms with van der Waals surface area (Å²) in [6.07, 6.45) is -0.468. The Morgan fingerprint density at radius 1 is 1.09 bits per heavy atom. The molecule has 3 atom stereocenters. The number of aromatic nitrogens is 5. The van der Waals surface area contributed by atoms with Gasteiger partial charge < -0.3 is 15.2 Å². The number of nitrogens with zero attached hydrogens (tertiary/aromatic N) is 6. The van der Waals surface area contributed by atoms with Crippen LogP contribution in [0.15, 0.2) is 59.6 Å². The molecule has 13 heteroatoms. The van der Waals surface area contributed by atoms with Crippen LogP contribution in [0.5, 0.6) is 0 Å². The highest BCUT2D eigenvalue weighted by Crippen LogP contribution is 2.59. The number of ketones is 1. The number of hydrogen-bond acceptors (Lipinski definition) is 7. The van der Waals surface area contributed by atoms with E-state index in [-0.39, 0.29) is 41.9 Å². The van der Waals surface area contributed by atoms with Crippen molar-refractivity contribution in [2.24, 2.45) is 5.41 Å². The Labute approximate surface area is 263 Å². The number of amides is 1. The van der Waals surface area contributed by atoms with Crippen LogP contribution in [0.25, 0.3) is 33.1 Å². The second kappa shape index (κ2) is 10.3. The second-order valence-corrected chi connectivity index (χ2v) is 13.0. The van der Waals surface area contributed by atoms with E-state index >= 15 is 0 Å². The summed E-state index contributed by atoms with van der Waals surface area (Å²) in [7, 11) is 0. The van der Waals surface area contributed by atoms with Crippen molar-refractivity contribution in [2.75, 3.05) is 5.73 Å². The molecule has 2 aliphatic rings. The number of carbonyl (C=O) groups excluding carboxylic acids is 2. The maximum Gasteiger partial charge on any atom is 0.433 e. The number of hydrogen-bond donors (Lipinski definition) is 1. The Bertz CT molecular complexity index is 2030. The van der Waals surface area contributed by atoms with Crippen molar-refractivity contribution >= 4 is 55.4 Å². The van der Waals surface area contributed by atoms with Crippen molar-refractivity contribution < 1.29 is 22.8 Å². The Morgan fingerprint density at radius 2 is 1.89 bits per heavy atom. The van der Waals surface area contributed by atoms with Crippen LogP contribution in [0.1, 0.15) is 36.7 Å². The first-order valence-corrected chi connectivity index (χ1v) is 15.2. The number of anilines is 1. The third-order valence-corrected chi connectivity index (χ3v) is 9.50. The number of aryl methyl sites for hydroxylation is 1. The van der Waals surface area contributed by atoms with Gasteiger partial charge >= 0.3 is 6.18 Å². The molecular weight excluding hydrogens is 651 g/mol. The topological polar surface area (TPSA) is 120 Å². The lowest BCUT2D eigenvalue weighted by atomic mass is 9.97. The largest absolute Gasteiger partial charge is 0.433 e. The first-order valence-electron chi connectivity index (χ1n) is 14.4. The monoisotopic (exact) mass is 677 g/mol. The quantitative estimate of drug-likeness (QED) is 0.222. The van der Waals surface area contributed by atoms with Crippen LogP contribution >= 0.6 is 15.9 Å². The number of rotatable bonds is 6. The second-order valence-electron chi connectivity index (χ2n) is 12.2. The lowest BCUT2D eigenvalue weighted by Gasteiger charge is -2.27. The summed E-state index contributed by atoms with van der Waals surface area (Å²) in [5, 5.41) is 1.20. The summed E-state index contributed by atoms with van der Waals surface area (Å²) in [6.45, 7) is 3.89. The number of likely N-dealkylation sites (tertiary alicyclic amines) is 1. The highest BCUT2D eigenvalue weighted by Gasteiger charge is 2.64. The number of nitrogens with two attached hydrogens (primary N) is 1. The molecule has 2 fully saturated rings. The number of carbonyl (C=O) groups is 2. The third kappa shape index (κ3) is 5.02. The lowest BCUT2D eigenvalue weighted by Crippen LogP contribution is -2.45. The maximum atomic E-state index is 14.2. The molecule has 0 spiro atoms. The van der Waals surface area contributed by atoms with Gasteiger partial charge in [0.2, 0.25) is 5.91 Å². The first kappa shape index (κ1) is 29.3. The third-order valence-electron chi connectivity index (χ3n) is 9.06. The minimum atomic E-state index is -4.55. The zero-order valence-corrected chi connectivity index (χ0v) is 25.9. The van der Waals surface area contributed by atoms with Crippen molar-refractivity contribution in [1.82, 2.24) is 29.4 Å². The predicted octanol–water partition coefficient (Wildman–Crippen LogP) is 5.90. The molecule has 1 amide bonds. The standard InChI is InChI=1S/C32H27BrF3N7O2/c1-16-8-18(17-6-7-23(38-13-17)32(34,35)36)9-20-27-29(37)39-15-40-30(27)42(28(16)20)14-26(45)43-21(11-31(2)12-24(31)43)22(44)10-19-4-3-5-25(33)41-19/h3-9,13,15,21,24H,10-12,14H2,1-2H3,(H2,37,39,40)/t21-,24?,31-/m0/s1. The van der Waals surface area contributed by atoms with E-state index in [1.54, 1.807) is 27.7 Å². The molecule has 1 saturated carbocycles. The van der Waals surface area contributed by atoms with Crippen molar-refractivity contribution in [3.63, 3.8) is 0 Å². The Hall–Kier alpha value is -4.39. The average molecular weight is 679 g/mol. The Balaban J connectivity index is 1.26. The molecular formula is C32H27BrF3N7O2. The molecule has 7 rings (SSSR count). The number of halogens is 4. The molecule has 2 N–H and O–H groups in total. The van der Waals surface area contributed by atoms with E-state index in [0.717, 1.165) is 18.1 Å². The summed E-state index contributed by atoms with van der Waals surface area (Å²) in [6, 6.07) is 10.8. The molecule has 1 saturated heterocycles. The fourth-order valence-electron chi connectivity index (χ4n) is 6.81. The van der Waals surface area contributed by atoms with Crippen LogP contribution in [-0.2, 0) is 28.7 Å². The fraction of sp³-hybridized carbons (Fsp3) is 0.312. The van der Waals surface area contributed by atoms with Gasteiger partial charge in [-0.3, -0.25) is 14.6 Å². The van der Waals surface area contributed by atoms with Gasteiger partial charge in [0.1, 0.15) is 34.6 Å². The van der Waals surface area contributed by atoms with Crippen LogP contribution in [0.2, 0.25) is 0 Å². The fourth-order valence-corrected chi connectivity index (χ4v) is 7.19. The van der Waals surface area contributed by atoms with E-state index < -0.39 is 17.9 Å². The number of fused-ring (bicyclic) bond motifs is 4. The van der Waals surface area contributed by atoms with E-state index in [0.29, 0.717) is 49.8 Å². The highest BCUT2D eigenvalue weighted by atomic mass is 79.9. The van der Waals surface area contributed by atoms with Crippen LogP contribution in [0.3, 0.4) is 0 Å². The minimum Gasteiger partial charge on any atom is -0.383 e. The number of Topliss-reactive ketones (excluding diaryl/α,β-unsaturated/α-hetero) is 1. The van der Waals surface area contributed by atoms with Crippen molar-refractivity contribution in [1.29, 1.82) is 0 Å². The molecule has 4 aromatic heterocycles. The lowest BCUT2D eigenvalue weighted by molar-refractivity contribution is -0.141. The summed E-state index contributed by atoms with van der Waals surface area (Å²) in [5.41, 5.74) is 8.94. The summed E-state index contributed by atoms with van der Waals surface area (Å²) < 4.78 is 41.8. The number of piperidine rings is 1. The molecule has 5 heterocycles. The molecule has 1 aliphatic heterocycles. The van der Waals surface area contributed by atoms with Gasteiger partial charge in [0.25, 0.3) is 0 Å². The van der Waals surface area contributed by atoms with Gasteiger partial charge in [-0.2, -0.15) is 13.2 Å². The van der Waals surface area contributed by atoms with Gasteiger partial charge in [0, 0.05) is 28.9 Å². The van der Waals surface area contributed by atoms with Gasteiger partial charge in [0.15, 0.2) is 5.78 Å². The Kier molecular flexibility index (Phi) is 6.73. The summed E-state index contributed by atoms with van der Waals surface area (Å²) >= 11 is 3.35. The van der Waals surface area contributed by atoms with Crippen molar-refractivity contribution in [2.45, 2.75) is 57.9 Å². The van der Waals surface area contributed by atoms with Gasteiger partial charge in [0.05, 0.1) is 23.4 Å². The zero-order valence-electron chi connectivity index (χ0n) is 24.3. The van der Waals surface area contributed by atoms with Crippen LogP contribution in [-0.4, -0.2) is 53.2 Å². The van der Waals surface area contributed by atoms with E-state index in [9.17, 15) is 22.8 Å². The van der Waals surface area contributed by atoms with Crippen LogP contribution in [0, 0.1) is 12.3 Å². The van der Waals surface area contributed by atoms with E-state index in [1.807, 2.05) is 19.1 Å². The van der Waals surface area contributed by atoms with Crippen LogP contribution < -0.4 is 5.73 Å². The SMILES string of the molecule is Cc1cc(-c2ccc(C(F)(F)F)nc2)cc2c3c(N)ncnc3n(CC(=O)N3C4C[C@]4(C)C[C@H]3C(=O)Cc3cccc(Br)n3)c12. The average Bonchev–Trinajstić information content (AvgIpc) is 3.38. The number of benzene rings is 1. The predicted molar refractivity (Wildman–Crippen MR) is 165 cm³/mol. The molecule has 0 radical (unpaired) electrons. The van der Waals surface area contributed by atoms with Crippen molar-refractivity contribution in [3.05, 3.63) is 76.5 Å². The Morgan fingerprint density at radius 3 is 2.60 bits per heavy atom. The minimum absolute atomic E-state index is 0.0259. The highest BCUT2D eigenvalue weighted by molar-refractivity contribution is 9.10. The molecule has 230 valence electrons. The van der Waals surface area contributed by atoms with Gasteiger partial charge in [-0.1, -0.05) is 19.1 Å². The molecule has 5 aromatic rings. The molecule has 1 aliphatic carbocycles. The van der Waals surface area contributed by atoms with E-state index in [4.69, 9.17) is 5.73 Å². The molecule has 9 nitrogen and oxygen atoms in total. The van der Waals surface area contributed by atoms with Gasteiger partial charge in [-0.15, -0.1) is 0 Å². The van der Waals surface area contributed by atoms with Gasteiger partial charge in [-0.05, 0) is 82.6 Å². The normalized spacial score (nSPS) is 21.0. The molecule has 45 heavy (non-hydrogen) atoms. The number of nitrogen functional groups attached to an aromatic ring is 1. The number of alkyl halides is 3. The smallest absolute Gasteiger partial charge is 0.383 e.